The van der Waals surface area contributed by atoms with Crippen LogP contribution in [0.5, 0.6) is 0 Å². The molecule has 3 rings (SSSR count). The molecule has 0 radical (unpaired) electrons. The van der Waals surface area contributed by atoms with Crippen molar-refractivity contribution >= 4 is 50.8 Å². The predicted molar refractivity (Wildman–Crippen MR) is 102 cm³/mol. The number of halogens is 1. The molecule has 2 aliphatic rings. The fourth-order valence-corrected chi connectivity index (χ4v) is 4.00. The quantitative estimate of drug-likeness (QED) is 0.693. The van der Waals surface area contributed by atoms with Crippen molar-refractivity contribution in [2.24, 2.45) is 0 Å². The fourth-order valence-electron chi connectivity index (χ4n) is 2.90. The minimum atomic E-state index is -0.388. The summed E-state index contributed by atoms with van der Waals surface area (Å²) in [4.78, 5) is 40.3. The third-order valence-corrected chi connectivity index (χ3v) is 5.73. The van der Waals surface area contributed by atoms with Crippen LogP contribution in [-0.2, 0) is 9.59 Å². The average molecular weight is 423 g/mol. The van der Waals surface area contributed by atoms with Crippen molar-refractivity contribution in [3.63, 3.8) is 0 Å². The number of benzene rings is 1. The normalized spacial score (nSPS) is 20.3. The maximum Gasteiger partial charge on any atom is 0.294 e. The van der Waals surface area contributed by atoms with Crippen molar-refractivity contribution in [2.45, 2.75) is 25.7 Å². The molecular formula is C18H19BrN2O3S. The third-order valence-electron chi connectivity index (χ3n) is 4.29. The molecule has 2 fully saturated rings. The van der Waals surface area contributed by atoms with Crippen LogP contribution in [0.1, 0.15) is 31.2 Å². The van der Waals surface area contributed by atoms with Crippen molar-refractivity contribution in [1.82, 2.24) is 9.80 Å². The lowest BCUT2D eigenvalue weighted by Gasteiger charge is -2.22. The Hall–Kier alpha value is -1.60. The highest BCUT2D eigenvalue weighted by Gasteiger charge is 2.37. The van der Waals surface area contributed by atoms with Gasteiger partial charge in [0.15, 0.2) is 0 Å². The Kier molecular flexibility index (Phi) is 5.96. The molecule has 2 heterocycles. The van der Waals surface area contributed by atoms with Gasteiger partial charge in [0.2, 0.25) is 5.91 Å². The molecule has 0 atom stereocenters. The zero-order valence-corrected chi connectivity index (χ0v) is 16.1. The molecule has 0 spiro atoms. The first kappa shape index (κ1) is 18.2. The van der Waals surface area contributed by atoms with Gasteiger partial charge in [0.1, 0.15) is 6.54 Å². The molecule has 5 nitrogen and oxygen atoms in total. The molecule has 0 aromatic heterocycles. The molecule has 1 aromatic rings. The maximum absolute atomic E-state index is 12.5. The highest BCUT2D eigenvalue weighted by molar-refractivity contribution is 9.10. The monoisotopic (exact) mass is 422 g/mol. The molecule has 25 heavy (non-hydrogen) atoms. The van der Waals surface area contributed by atoms with Crippen LogP contribution in [0.3, 0.4) is 0 Å². The molecule has 1 aromatic carbocycles. The summed E-state index contributed by atoms with van der Waals surface area (Å²) in [7, 11) is 0. The molecular weight excluding hydrogens is 404 g/mol. The number of imide groups is 1. The topological polar surface area (TPSA) is 57.7 Å². The molecule has 0 unspecified atom stereocenters. The highest BCUT2D eigenvalue weighted by Crippen LogP contribution is 2.32. The van der Waals surface area contributed by atoms with E-state index in [0.29, 0.717) is 18.0 Å². The van der Waals surface area contributed by atoms with Crippen molar-refractivity contribution in [3.8, 4) is 0 Å². The van der Waals surface area contributed by atoms with Crippen LogP contribution in [0.4, 0.5) is 4.79 Å². The average Bonchev–Trinajstić information content (AvgIpc) is 2.80. The minimum Gasteiger partial charge on any atom is -0.341 e. The summed E-state index contributed by atoms with van der Waals surface area (Å²) in [6.45, 7) is 1.26. The number of carbonyl (C=O) groups is 3. The molecule has 132 valence electrons. The number of carbonyl (C=O) groups excluding carboxylic acids is 3. The van der Waals surface area contributed by atoms with E-state index in [0.717, 1.165) is 52.4 Å². The molecule has 0 bridgehead atoms. The molecule has 3 amide bonds. The van der Waals surface area contributed by atoms with Gasteiger partial charge in [-0.3, -0.25) is 19.3 Å². The van der Waals surface area contributed by atoms with Crippen molar-refractivity contribution in [1.29, 1.82) is 0 Å². The van der Waals surface area contributed by atoms with Crippen LogP contribution < -0.4 is 0 Å². The van der Waals surface area contributed by atoms with Crippen LogP contribution in [0.15, 0.2) is 33.6 Å². The number of amides is 3. The third kappa shape index (κ3) is 4.52. The van der Waals surface area contributed by atoms with E-state index in [4.69, 9.17) is 0 Å². The number of rotatable bonds is 3. The van der Waals surface area contributed by atoms with E-state index in [1.165, 1.54) is 0 Å². The SMILES string of the molecule is O=C(CN1C(=O)S/C(=C/c2ccc(Br)cc2)C1=O)N1CCCCCC1. The highest BCUT2D eigenvalue weighted by atomic mass is 79.9. The van der Waals surface area contributed by atoms with E-state index in [9.17, 15) is 14.4 Å². The van der Waals surface area contributed by atoms with Crippen LogP contribution >= 0.6 is 27.7 Å². The summed E-state index contributed by atoms with van der Waals surface area (Å²) in [5.74, 6) is -0.532. The maximum atomic E-state index is 12.5. The summed E-state index contributed by atoms with van der Waals surface area (Å²) in [5.41, 5.74) is 0.840. The van der Waals surface area contributed by atoms with Gasteiger partial charge < -0.3 is 4.90 Å². The van der Waals surface area contributed by atoms with Crippen molar-refractivity contribution in [2.75, 3.05) is 19.6 Å². The zero-order chi connectivity index (χ0) is 17.8. The lowest BCUT2D eigenvalue weighted by Crippen LogP contribution is -2.42. The van der Waals surface area contributed by atoms with Crippen LogP contribution in [-0.4, -0.2) is 46.5 Å². The van der Waals surface area contributed by atoms with Gasteiger partial charge in [-0.15, -0.1) is 0 Å². The Morgan fingerprint density at radius 2 is 1.72 bits per heavy atom. The Labute approximate surface area is 159 Å². The van der Waals surface area contributed by atoms with Gasteiger partial charge >= 0.3 is 0 Å². The zero-order valence-electron chi connectivity index (χ0n) is 13.7. The number of nitrogens with zero attached hydrogens (tertiary/aromatic N) is 2. The summed E-state index contributed by atoms with van der Waals surface area (Å²) in [5, 5.41) is -0.378. The van der Waals surface area contributed by atoms with Gasteiger partial charge in [0.05, 0.1) is 4.91 Å². The predicted octanol–water partition coefficient (Wildman–Crippen LogP) is 3.89. The summed E-state index contributed by atoms with van der Waals surface area (Å²) in [6.07, 6.45) is 5.91. The molecule has 7 heteroatoms. The van der Waals surface area contributed by atoms with Gasteiger partial charge in [0.25, 0.3) is 11.1 Å². The van der Waals surface area contributed by atoms with E-state index in [1.807, 2.05) is 24.3 Å². The molecule has 0 saturated carbocycles. The van der Waals surface area contributed by atoms with E-state index in [-0.39, 0.29) is 23.6 Å². The Balaban J connectivity index is 1.68. The standard InChI is InChI=1S/C18H19BrN2O3S/c19-14-7-5-13(6-8-14)11-15-17(23)21(18(24)25-15)12-16(22)20-9-3-1-2-4-10-20/h5-8,11H,1-4,9-10,12H2/b15-11+. The number of likely N-dealkylation sites (tertiary alicyclic amines) is 1. The van der Waals surface area contributed by atoms with Gasteiger partial charge in [-0.05, 0) is 48.4 Å². The first-order valence-corrected chi connectivity index (χ1v) is 9.94. The van der Waals surface area contributed by atoms with E-state index < -0.39 is 0 Å². The molecule has 2 saturated heterocycles. The Bertz CT molecular complexity index is 710. The lowest BCUT2D eigenvalue weighted by atomic mass is 10.2. The van der Waals surface area contributed by atoms with E-state index >= 15 is 0 Å². The summed E-state index contributed by atoms with van der Waals surface area (Å²) < 4.78 is 0.945. The number of hydrogen-bond acceptors (Lipinski definition) is 4. The van der Waals surface area contributed by atoms with Crippen LogP contribution in [0, 0.1) is 0 Å². The van der Waals surface area contributed by atoms with Crippen molar-refractivity contribution in [3.05, 3.63) is 39.2 Å². The Morgan fingerprint density at radius 1 is 1.08 bits per heavy atom. The lowest BCUT2D eigenvalue weighted by molar-refractivity contribution is -0.135. The minimum absolute atomic E-state index is 0.144. The van der Waals surface area contributed by atoms with Crippen molar-refractivity contribution < 1.29 is 14.4 Å². The second-order valence-corrected chi connectivity index (χ2v) is 8.02. The van der Waals surface area contributed by atoms with Gasteiger partial charge in [-0.1, -0.05) is 40.9 Å². The number of hydrogen-bond donors (Lipinski definition) is 0. The fraction of sp³-hybridized carbons (Fsp3) is 0.389. The largest absolute Gasteiger partial charge is 0.341 e. The first-order chi connectivity index (χ1) is 12.0. The first-order valence-electron chi connectivity index (χ1n) is 8.33. The van der Waals surface area contributed by atoms with Gasteiger partial charge in [0, 0.05) is 17.6 Å². The van der Waals surface area contributed by atoms with E-state index in [1.54, 1.807) is 11.0 Å². The van der Waals surface area contributed by atoms with Gasteiger partial charge in [-0.2, -0.15) is 0 Å². The second kappa shape index (κ2) is 8.19. The van der Waals surface area contributed by atoms with Crippen LogP contribution in [0.25, 0.3) is 6.08 Å². The summed E-state index contributed by atoms with van der Waals surface area (Å²) >= 11 is 4.25. The Morgan fingerprint density at radius 3 is 2.36 bits per heavy atom. The molecule has 0 aliphatic carbocycles. The van der Waals surface area contributed by atoms with Crippen LogP contribution in [0.2, 0.25) is 0 Å². The number of thioether (sulfide) groups is 1. The van der Waals surface area contributed by atoms with Gasteiger partial charge in [-0.25, -0.2) is 0 Å². The smallest absolute Gasteiger partial charge is 0.294 e. The molecule has 0 N–H and O–H groups in total. The molecule has 2 aliphatic heterocycles. The summed E-state index contributed by atoms with van der Waals surface area (Å²) in [6, 6.07) is 7.47. The second-order valence-electron chi connectivity index (χ2n) is 6.11. The van der Waals surface area contributed by atoms with E-state index in [2.05, 4.69) is 15.9 Å².